The molecule has 0 aliphatic carbocycles. The van der Waals surface area contributed by atoms with Gasteiger partial charge in [-0.2, -0.15) is 8.78 Å². The Morgan fingerprint density at radius 1 is 1.30 bits per heavy atom. The summed E-state index contributed by atoms with van der Waals surface area (Å²) in [6, 6.07) is 5.17. The van der Waals surface area contributed by atoms with Crippen molar-refractivity contribution in [2.75, 3.05) is 5.32 Å². The Labute approximate surface area is 139 Å². The molecule has 1 aromatic carbocycles. The van der Waals surface area contributed by atoms with Crippen LogP contribution in [0.15, 0.2) is 30.5 Å². The summed E-state index contributed by atoms with van der Waals surface area (Å²) in [7, 11) is 0. The molecular weight excluding hydrogens is 355 g/mol. The fourth-order valence-electron chi connectivity index (χ4n) is 1.70. The molecule has 2 aromatic rings. The van der Waals surface area contributed by atoms with Crippen LogP contribution in [0.5, 0.6) is 5.75 Å². The molecule has 0 saturated heterocycles. The molecule has 0 aliphatic rings. The van der Waals surface area contributed by atoms with Crippen molar-refractivity contribution in [3.05, 3.63) is 56.3 Å². The molecule has 122 valence electrons. The van der Waals surface area contributed by atoms with E-state index in [0.717, 1.165) is 6.20 Å². The van der Waals surface area contributed by atoms with Crippen LogP contribution in [0, 0.1) is 10.1 Å². The van der Waals surface area contributed by atoms with Crippen LogP contribution in [-0.4, -0.2) is 16.5 Å². The molecule has 23 heavy (non-hydrogen) atoms. The van der Waals surface area contributed by atoms with Gasteiger partial charge < -0.3 is 10.1 Å². The minimum atomic E-state index is -2.92. The number of aromatic nitrogens is 1. The van der Waals surface area contributed by atoms with Gasteiger partial charge in [0.05, 0.1) is 39.1 Å². The zero-order valence-electron chi connectivity index (χ0n) is 11.3. The zero-order valence-corrected chi connectivity index (χ0v) is 12.8. The summed E-state index contributed by atoms with van der Waals surface area (Å²) in [5.74, 6) is -0.0600. The first-order valence-corrected chi connectivity index (χ1v) is 6.89. The number of hydrogen-bond donors (Lipinski definition) is 1. The summed E-state index contributed by atoms with van der Waals surface area (Å²) < 4.78 is 28.2. The van der Waals surface area contributed by atoms with E-state index in [1.54, 1.807) is 0 Å². The van der Waals surface area contributed by atoms with Crippen molar-refractivity contribution in [2.45, 2.75) is 13.2 Å². The van der Waals surface area contributed by atoms with Gasteiger partial charge in [-0.1, -0.05) is 23.2 Å². The zero-order chi connectivity index (χ0) is 17.0. The lowest BCUT2D eigenvalue weighted by molar-refractivity contribution is -0.384. The second-order valence-electron chi connectivity index (χ2n) is 4.26. The molecule has 0 fully saturated rings. The molecule has 0 saturated carbocycles. The quantitative estimate of drug-likeness (QED) is 0.603. The van der Waals surface area contributed by atoms with Gasteiger partial charge in [0.25, 0.3) is 5.69 Å². The Morgan fingerprint density at radius 2 is 1.96 bits per heavy atom. The Morgan fingerprint density at radius 3 is 2.43 bits per heavy atom. The van der Waals surface area contributed by atoms with Crippen LogP contribution in [0.2, 0.25) is 10.0 Å². The number of pyridine rings is 1. The lowest BCUT2D eigenvalue weighted by atomic mass is 10.2. The highest BCUT2D eigenvalue weighted by Gasteiger charge is 2.14. The van der Waals surface area contributed by atoms with Crippen LogP contribution in [0.1, 0.15) is 5.69 Å². The van der Waals surface area contributed by atoms with Crippen molar-refractivity contribution < 1.29 is 18.4 Å². The lowest BCUT2D eigenvalue weighted by Crippen LogP contribution is -2.05. The Bertz CT molecular complexity index is 691. The van der Waals surface area contributed by atoms with Gasteiger partial charge >= 0.3 is 6.61 Å². The van der Waals surface area contributed by atoms with E-state index >= 15 is 0 Å². The van der Waals surface area contributed by atoms with Gasteiger partial charge in [0, 0.05) is 12.1 Å². The summed E-state index contributed by atoms with van der Waals surface area (Å²) in [5.41, 5.74) is 0.600. The third-order valence-corrected chi connectivity index (χ3v) is 3.30. The number of nitro benzene ring substituents is 1. The first-order valence-electron chi connectivity index (χ1n) is 6.14. The molecule has 10 heteroatoms. The molecule has 0 atom stereocenters. The minimum absolute atomic E-state index is 0.0600. The smallest absolute Gasteiger partial charge is 0.387 e. The van der Waals surface area contributed by atoms with Crippen LogP contribution in [-0.2, 0) is 6.54 Å². The number of hydrogen-bond acceptors (Lipinski definition) is 5. The van der Waals surface area contributed by atoms with Crippen molar-refractivity contribution >= 4 is 34.6 Å². The number of ether oxygens (including phenoxy) is 1. The molecule has 0 amide bonds. The van der Waals surface area contributed by atoms with Crippen molar-refractivity contribution in [3.8, 4) is 5.75 Å². The van der Waals surface area contributed by atoms with Crippen LogP contribution in [0.4, 0.5) is 20.2 Å². The van der Waals surface area contributed by atoms with Crippen molar-refractivity contribution in [1.29, 1.82) is 0 Å². The van der Waals surface area contributed by atoms with Gasteiger partial charge in [0.15, 0.2) is 0 Å². The molecular formula is C13H9Cl2F2N3O3. The van der Waals surface area contributed by atoms with Crippen molar-refractivity contribution in [3.63, 3.8) is 0 Å². The Balaban J connectivity index is 2.07. The van der Waals surface area contributed by atoms with Gasteiger partial charge in [0.2, 0.25) is 0 Å². The summed E-state index contributed by atoms with van der Waals surface area (Å²) in [6.45, 7) is -2.73. The average Bonchev–Trinajstić information content (AvgIpc) is 2.47. The molecule has 2 rings (SSSR count). The van der Waals surface area contributed by atoms with Crippen LogP contribution < -0.4 is 10.1 Å². The molecule has 0 spiro atoms. The molecule has 1 N–H and O–H groups in total. The Hall–Kier alpha value is -2.19. The fourth-order valence-corrected chi connectivity index (χ4v) is 2.31. The van der Waals surface area contributed by atoms with E-state index in [1.165, 1.54) is 24.3 Å². The van der Waals surface area contributed by atoms with E-state index in [4.69, 9.17) is 23.2 Å². The third kappa shape index (κ3) is 4.64. The highest BCUT2D eigenvalue weighted by atomic mass is 35.5. The predicted octanol–water partition coefficient (Wildman–Crippen LogP) is 4.51. The summed E-state index contributed by atoms with van der Waals surface area (Å²) >= 11 is 11.9. The minimum Gasteiger partial charge on any atom is -0.433 e. The fraction of sp³-hybridized carbons (Fsp3) is 0.154. The number of non-ortho nitro benzene ring substituents is 1. The molecule has 1 heterocycles. The van der Waals surface area contributed by atoms with Gasteiger partial charge in [-0.3, -0.25) is 15.1 Å². The van der Waals surface area contributed by atoms with Gasteiger partial charge in [-0.15, -0.1) is 0 Å². The number of alkyl halides is 2. The standard InChI is InChI=1S/C13H9Cl2F2N3O3/c14-10-3-8(20(21)22)4-11(15)12(10)19-5-7-1-2-9(6-18-7)23-13(16)17/h1-4,6,13,19H,5H2. The molecule has 1 aromatic heterocycles. The number of nitrogens with one attached hydrogen (secondary N) is 1. The molecule has 0 bridgehead atoms. The summed E-state index contributed by atoms with van der Waals surface area (Å²) in [6.07, 6.45) is 1.15. The highest BCUT2D eigenvalue weighted by molar-refractivity contribution is 6.39. The number of benzene rings is 1. The normalized spacial score (nSPS) is 10.7. The van der Waals surface area contributed by atoms with Crippen molar-refractivity contribution in [2.24, 2.45) is 0 Å². The predicted molar refractivity (Wildman–Crippen MR) is 81.3 cm³/mol. The van der Waals surface area contributed by atoms with Crippen LogP contribution >= 0.6 is 23.2 Å². The summed E-state index contributed by atoms with van der Waals surface area (Å²) in [4.78, 5) is 14.0. The van der Waals surface area contributed by atoms with E-state index in [9.17, 15) is 18.9 Å². The van der Waals surface area contributed by atoms with E-state index in [1.807, 2.05) is 0 Å². The van der Waals surface area contributed by atoms with Gasteiger partial charge in [-0.05, 0) is 12.1 Å². The topological polar surface area (TPSA) is 77.3 Å². The highest BCUT2D eigenvalue weighted by Crippen LogP contribution is 2.34. The largest absolute Gasteiger partial charge is 0.433 e. The number of halogens is 4. The van der Waals surface area contributed by atoms with Crippen molar-refractivity contribution in [1.82, 2.24) is 4.98 Å². The second kappa shape index (κ2) is 7.38. The number of nitro groups is 1. The van der Waals surface area contributed by atoms with Gasteiger partial charge in [0.1, 0.15) is 5.75 Å². The number of anilines is 1. The maximum atomic E-state index is 12.0. The second-order valence-corrected chi connectivity index (χ2v) is 5.07. The van der Waals surface area contributed by atoms with E-state index in [0.29, 0.717) is 11.4 Å². The lowest BCUT2D eigenvalue weighted by Gasteiger charge is -2.10. The van der Waals surface area contributed by atoms with Crippen LogP contribution in [0.3, 0.4) is 0 Å². The van der Waals surface area contributed by atoms with Gasteiger partial charge in [-0.25, -0.2) is 0 Å². The SMILES string of the molecule is O=[N+]([O-])c1cc(Cl)c(NCc2ccc(OC(F)F)cn2)c(Cl)c1. The Kier molecular flexibility index (Phi) is 5.51. The molecule has 6 nitrogen and oxygen atoms in total. The van der Waals surface area contributed by atoms with Crippen LogP contribution in [0.25, 0.3) is 0 Å². The number of nitrogens with zero attached hydrogens (tertiary/aromatic N) is 2. The molecule has 0 unspecified atom stereocenters. The molecule has 0 aliphatic heterocycles. The first-order chi connectivity index (χ1) is 10.9. The summed E-state index contributed by atoms with van der Waals surface area (Å²) in [5, 5.41) is 13.8. The maximum absolute atomic E-state index is 12.0. The number of rotatable bonds is 6. The maximum Gasteiger partial charge on any atom is 0.387 e. The van der Waals surface area contributed by atoms with E-state index in [-0.39, 0.29) is 28.0 Å². The average molecular weight is 364 g/mol. The van der Waals surface area contributed by atoms with E-state index < -0.39 is 11.5 Å². The monoisotopic (exact) mass is 363 g/mol. The molecule has 0 radical (unpaired) electrons. The first kappa shape index (κ1) is 17.2. The van der Waals surface area contributed by atoms with E-state index in [2.05, 4.69) is 15.0 Å². The third-order valence-electron chi connectivity index (χ3n) is 2.71.